The molecule has 11 aromatic rings. The van der Waals surface area contributed by atoms with Crippen LogP contribution in [0.4, 0.5) is 0 Å². The van der Waals surface area contributed by atoms with Crippen molar-refractivity contribution in [2.45, 2.75) is 87.9 Å². The molecular formula is C65H56N6. The second kappa shape index (κ2) is 14.3. The Labute approximate surface area is 413 Å². The van der Waals surface area contributed by atoms with Gasteiger partial charge in [-0.25, -0.2) is 15.0 Å². The van der Waals surface area contributed by atoms with Crippen molar-refractivity contribution < 1.29 is 0 Å². The molecule has 8 aliphatic carbocycles. The van der Waals surface area contributed by atoms with Gasteiger partial charge >= 0.3 is 0 Å². The van der Waals surface area contributed by atoms with Crippen molar-refractivity contribution in [1.29, 1.82) is 0 Å². The summed E-state index contributed by atoms with van der Waals surface area (Å²) in [7, 11) is 0. The largest absolute Gasteiger partial charge is 0.309 e. The fourth-order valence-corrected chi connectivity index (χ4v) is 17.6. The average Bonchev–Trinajstić information content (AvgIpc) is 4.05. The normalized spacial score (nSPS) is 27.4. The van der Waals surface area contributed by atoms with Gasteiger partial charge in [-0.1, -0.05) is 91.0 Å². The molecule has 8 aliphatic rings. The third-order valence-corrected chi connectivity index (χ3v) is 19.4. The first kappa shape index (κ1) is 39.6. The van der Waals surface area contributed by atoms with E-state index in [1.807, 2.05) is 0 Å². The summed E-state index contributed by atoms with van der Waals surface area (Å²) in [6, 6.07) is 58.5. The predicted octanol–water partition coefficient (Wildman–Crippen LogP) is 15.8. The highest BCUT2D eigenvalue weighted by Gasteiger charge is 2.56. The fourth-order valence-electron chi connectivity index (χ4n) is 17.6. The first-order valence-electron chi connectivity index (χ1n) is 26.9. The summed E-state index contributed by atoms with van der Waals surface area (Å²) in [6.07, 6.45) is 16.1. The molecule has 0 atom stereocenters. The third kappa shape index (κ3) is 5.51. The van der Waals surface area contributed by atoms with E-state index in [2.05, 4.69) is 171 Å². The Balaban J connectivity index is 0.932. The van der Waals surface area contributed by atoms with Gasteiger partial charge in [0.1, 0.15) is 11.6 Å². The van der Waals surface area contributed by atoms with Crippen LogP contribution in [0.5, 0.6) is 0 Å². The first-order chi connectivity index (χ1) is 35.0. The SMILES string of the molecule is c1ccc(-n2c3ccccc3c3c4c5ccccc5n(-c5ccc(-c6nc(C78CC9CC(CC(C9)C7)C8)nc(C78CC9CC(CC(C9)C7)C8)n6)cc5)c4c4c5ccccc5n(-c5ccccc5)c4c32)cc1. The molecule has 4 heterocycles. The van der Waals surface area contributed by atoms with Crippen molar-refractivity contribution >= 4 is 65.4 Å². The van der Waals surface area contributed by atoms with E-state index < -0.39 is 0 Å². The summed E-state index contributed by atoms with van der Waals surface area (Å²) >= 11 is 0. The van der Waals surface area contributed by atoms with Crippen molar-refractivity contribution in [1.82, 2.24) is 28.7 Å². The molecule has 0 N–H and O–H groups in total. The zero-order chi connectivity index (χ0) is 46.2. The van der Waals surface area contributed by atoms with Crippen LogP contribution >= 0.6 is 0 Å². The van der Waals surface area contributed by atoms with Crippen LogP contribution in [0.15, 0.2) is 158 Å². The average molecular weight is 921 g/mol. The minimum atomic E-state index is 0.103. The Bertz CT molecular complexity index is 3870. The van der Waals surface area contributed by atoms with E-state index in [0.29, 0.717) is 0 Å². The molecule has 6 heteroatoms. The number of fused-ring (bicyclic) bond motifs is 12. The molecule has 0 aliphatic heterocycles. The molecule has 346 valence electrons. The highest BCUT2D eigenvalue weighted by Crippen LogP contribution is 2.63. The van der Waals surface area contributed by atoms with E-state index in [-0.39, 0.29) is 10.8 Å². The Morgan fingerprint density at radius 2 is 0.662 bits per heavy atom. The van der Waals surface area contributed by atoms with Crippen molar-refractivity contribution in [2.75, 3.05) is 0 Å². The van der Waals surface area contributed by atoms with Crippen LogP contribution in [0.2, 0.25) is 0 Å². The van der Waals surface area contributed by atoms with Gasteiger partial charge in [-0.3, -0.25) is 0 Å². The lowest BCUT2D eigenvalue weighted by Crippen LogP contribution is -2.51. The summed E-state index contributed by atoms with van der Waals surface area (Å²) in [6.45, 7) is 0. The zero-order valence-electron chi connectivity index (χ0n) is 40.1. The lowest BCUT2D eigenvalue weighted by atomic mass is 9.49. The second-order valence-electron chi connectivity index (χ2n) is 23.6. The van der Waals surface area contributed by atoms with E-state index in [9.17, 15) is 0 Å². The fraction of sp³-hybridized carbons (Fsp3) is 0.308. The van der Waals surface area contributed by atoms with Gasteiger partial charge in [0.05, 0.1) is 33.1 Å². The number of rotatable bonds is 6. The summed E-state index contributed by atoms with van der Waals surface area (Å²) in [4.78, 5) is 17.1. The molecule has 0 saturated heterocycles. The van der Waals surface area contributed by atoms with Crippen molar-refractivity contribution in [3.63, 3.8) is 0 Å². The number of benzene rings is 7. The monoisotopic (exact) mass is 920 g/mol. The highest BCUT2D eigenvalue weighted by atomic mass is 15.1. The molecule has 0 unspecified atom stereocenters. The maximum Gasteiger partial charge on any atom is 0.163 e. The molecule has 8 saturated carbocycles. The molecule has 6 nitrogen and oxygen atoms in total. The molecule has 8 fully saturated rings. The van der Waals surface area contributed by atoms with Crippen LogP contribution in [-0.2, 0) is 10.8 Å². The smallest absolute Gasteiger partial charge is 0.163 e. The lowest BCUT2D eigenvalue weighted by Gasteiger charge is -2.57. The summed E-state index contributed by atoms with van der Waals surface area (Å²) in [5.41, 5.74) is 12.0. The maximum atomic E-state index is 5.78. The maximum absolute atomic E-state index is 5.78. The molecule has 7 aromatic carbocycles. The lowest BCUT2D eigenvalue weighted by molar-refractivity contribution is -0.0155. The van der Waals surface area contributed by atoms with Crippen molar-refractivity contribution in [3.05, 3.63) is 169 Å². The number of hydrogen-bond donors (Lipinski definition) is 0. The van der Waals surface area contributed by atoms with Gasteiger partial charge < -0.3 is 13.7 Å². The highest BCUT2D eigenvalue weighted by molar-refractivity contribution is 6.40. The molecule has 0 spiro atoms. The van der Waals surface area contributed by atoms with Crippen LogP contribution in [0.3, 0.4) is 0 Å². The summed E-state index contributed by atoms with van der Waals surface area (Å²) in [5, 5.41) is 7.56. The van der Waals surface area contributed by atoms with E-state index in [4.69, 9.17) is 15.0 Å². The molecule has 0 amide bonds. The van der Waals surface area contributed by atoms with Crippen LogP contribution < -0.4 is 0 Å². The van der Waals surface area contributed by atoms with E-state index in [1.54, 1.807) is 0 Å². The molecular weight excluding hydrogens is 865 g/mol. The van der Waals surface area contributed by atoms with Gasteiger partial charge in [0.25, 0.3) is 0 Å². The van der Waals surface area contributed by atoms with Gasteiger partial charge in [0, 0.05) is 65.8 Å². The summed E-state index contributed by atoms with van der Waals surface area (Å²) in [5.74, 6) is 8.19. The Morgan fingerprint density at radius 3 is 1.10 bits per heavy atom. The summed E-state index contributed by atoms with van der Waals surface area (Å²) < 4.78 is 7.62. The van der Waals surface area contributed by atoms with Crippen molar-refractivity contribution in [3.8, 4) is 28.5 Å². The number of para-hydroxylation sites is 5. The Kier molecular flexibility index (Phi) is 7.99. The molecule has 0 radical (unpaired) electrons. The predicted molar refractivity (Wildman–Crippen MR) is 288 cm³/mol. The van der Waals surface area contributed by atoms with Crippen LogP contribution in [0, 0.1) is 35.5 Å². The molecule has 4 aromatic heterocycles. The van der Waals surface area contributed by atoms with Gasteiger partial charge in [-0.2, -0.15) is 0 Å². The molecule has 8 bridgehead atoms. The van der Waals surface area contributed by atoms with Gasteiger partial charge in [0.15, 0.2) is 5.82 Å². The Morgan fingerprint density at radius 1 is 0.324 bits per heavy atom. The topological polar surface area (TPSA) is 53.5 Å². The Hall–Kier alpha value is -7.05. The van der Waals surface area contributed by atoms with Crippen molar-refractivity contribution in [2.24, 2.45) is 35.5 Å². The molecule has 19 rings (SSSR count). The first-order valence-corrected chi connectivity index (χ1v) is 26.9. The zero-order valence-corrected chi connectivity index (χ0v) is 40.1. The van der Waals surface area contributed by atoms with Crippen LogP contribution in [0.25, 0.3) is 93.9 Å². The second-order valence-corrected chi connectivity index (χ2v) is 23.6. The third-order valence-electron chi connectivity index (χ3n) is 19.4. The standard InChI is InChI=1S/C65H56N6/c1-3-13-46(14-4-1)70-53-21-11-8-18-50(53)56-55-49-17-7-10-20-52(49)69(58(55)57-51-19-9-12-22-54(51)71(60(57)59(56)70)47-15-5-2-6-16-47)48-25-23-45(24-26-48)61-66-62(64-33-39-27-40(34-64)29-41(28-39)35-64)68-63(67-61)65-36-42-30-43(37-65)32-44(31-42)38-65/h1-26,39-44H,27-38H2. The van der Waals surface area contributed by atoms with E-state index in [0.717, 1.165) is 75.6 Å². The van der Waals surface area contributed by atoms with Gasteiger partial charge in [-0.15, -0.1) is 0 Å². The quantitative estimate of drug-likeness (QED) is 0.167. The number of hydrogen-bond acceptors (Lipinski definition) is 3. The number of aromatic nitrogens is 6. The minimum Gasteiger partial charge on any atom is -0.309 e. The van der Waals surface area contributed by atoms with E-state index >= 15 is 0 Å². The number of nitrogens with zero attached hydrogens (tertiary/aromatic N) is 6. The van der Waals surface area contributed by atoms with E-state index in [1.165, 1.54) is 142 Å². The van der Waals surface area contributed by atoms with Gasteiger partial charge in [-0.05, 0) is 179 Å². The minimum absolute atomic E-state index is 0.103. The molecule has 71 heavy (non-hydrogen) atoms. The van der Waals surface area contributed by atoms with Gasteiger partial charge in [0.2, 0.25) is 0 Å². The van der Waals surface area contributed by atoms with Crippen LogP contribution in [0.1, 0.15) is 88.7 Å². The van der Waals surface area contributed by atoms with Crippen LogP contribution in [-0.4, -0.2) is 28.7 Å².